The maximum absolute atomic E-state index is 12.7. The molecule has 1 aliphatic rings. The van der Waals surface area contributed by atoms with Gasteiger partial charge in [-0.2, -0.15) is 5.10 Å². The molecular weight excluding hydrogens is 428 g/mol. The fraction of sp³-hybridized carbons (Fsp3) is 0.261. The normalized spacial score (nSPS) is 17.7. The minimum atomic E-state index is -1.09. The van der Waals surface area contributed by atoms with Crippen molar-refractivity contribution in [2.24, 2.45) is 10.2 Å². The molecule has 1 aliphatic heterocycles. The van der Waals surface area contributed by atoms with Gasteiger partial charge in [-0.25, -0.2) is 4.79 Å². The van der Waals surface area contributed by atoms with Gasteiger partial charge in [0.25, 0.3) is 0 Å². The molecule has 8 nitrogen and oxygen atoms in total. The van der Waals surface area contributed by atoms with Crippen molar-refractivity contribution < 1.29 is 19.5 Å². The van der Waals surface area contributed by atoms with E-state index in [4.69, 9.17) is 5.11 Å². The highest BCUT2D eigenvalue weighted by molar-refractivity contribution is 8.15. The summed E-state index contributed by atoms with van der Waals surface area (Å²) in [4.78, 5) is 36.0. The molecule has 3 N–H and O–H groups in total. The number of carbonyl (C=O) groups is 3. The molecule has 2 aromatic carbocycles. The van der Waals surface area contributed by atoms with E-state index in [1.807, 2.05) is 30.3 Å². The molecule has 1 heterocycles. The summed E-state index contributed by atoms with van der Waals surface area (Å²) in [7, 11) is 0. The van der Waals surface area contributed by atoms with E-state index in [0.717, 1.165) is 42.3 Å². The number of benzene rings is 2. The zero-order valence-electron chi connectivity index (χ0n) is 17.6. The Kier molecular flexibility index (Phi) is 8.15. The van der Waals surface area contributed by atoms with Crippen LogP contribution >= 0.6 is 11.8 Å². The second kappa shape index (κ2) is 11.2. The van der Waals surface area contributed by atoms with Gasteiger partial charge in [0.05, 0.1) is 11.3 Å². The lowest BCUT2D eigenvalue weighted by Crippen LogP contribution is -2.41. The smallest absolute Gasteiger partial charge is 0.335 e. The summed E-state index contributed by atoms with van der Waals surface area (Å²) in [6.07, 6.45) is 2.71. The van der Waals surface area contributed by atoms with E-state index < -0.39 is 17.1 Å². The summed E-state index contributed by atoms with van der Waals surface area (Å²) < 4.78 is 0. The maximum Gasteiger partial charge on any atom is 0.335 e. The number of carboxylic acid groups (broad SMARTS) is 1. The van der Waals surface area contributed by atoms with Gasteiger partial charge < -0.3 is 15.7 Å². The van der Waals surface area contributed by atoms with Gasteiger partial charge in [-0.15, -0.1) is 5.10 Å². The molecule has 0 bridgehead atoms. The lowest BCUT2D eigenvalue weighted by molar-refractivity contribution is -0.123. The average molecular weight is 453 g/mol. The van der Waals surface area contributed by atoms with Crippen LogP contribution in [0.4, 0.5) is 5.69 Å². The summed E-state index contributed by atoms with van der Waals surface area (Å²) in [5, 5.41) is 22.6. The minimum Gasteiger partial charge on any atom is -0.478 e. The lowest BCUT2D eigenvalue weighted by Gasteiger charge is -2.21. The number of unbranched alkanes of at least 4 members (excludes halogenated alkanes) is 1. The molecule has 1 atom stereocenters. The molecular formula is C23H24N4O4S. The molecule has 0 saturated carbocycles. The third kappa shape index (κ3) is 6.52. The minimum absolute atomic E-state index is 0.0147. The number of amidine groups is 1. The highest BCUT2D eigenvalue weighted by Gasteiger charge is 2.30. The third-order valence-corrected chi connectivity index (χ3v) is 5.75. The maximum atomic E-state index is 12.7. The van der Waals surface area contributed by atoms with Crippen LogP contribution in [0.15, 0.2) is 64.8 Å². The fourth-order valence-electron chi connectivity index (χ4n) is 3.02. The van der Waals surface area contributed by atoms with Crippen molar-refractivity contribution in [3.8, 4) is 0 Å². The monoisotopic (exact) mass is 452 g/mol. The van der Waals surface area contributed by atoms with Crippen LogP contribution in [0.2, 0.25) is 0 Å². The summed E-state index contributed by atoms with van der Waals surface area (Å²) in [5.41, 5.74) is 2.19. The van der Waals surface area contributed by atoms with Crippen LogP contribution in [0.5, 0.6) is 0 Å². The molecule has 2 aromatic rings. The van der Waals surface area contributed by atoms with E-state index in [0.29, 0.717) is 5.69 Å². The quantitative estimate of drug-likeness (QED) is 0.414. The van der Waals surface area contributed by atoms with Crippen LogP contribution < -0.4 is 10.6 Å². The molecule has 0 spiro atoms. The Morgan fingerprint density at radius 1 is 1.16 bits per heavy atom. The largest absolute Gasteiger partial charge is 0.478 e. The van der Waals surface area contributed by atoms with Gasteiger partial charge in [-0.1, -0.05) is 61.5 Å². The van der Waals surface area contributed by atoms with Crippen molar-refractivity contribution in [2.75, 3.05) is 5.32 Å². The molecule has 32 heavy (non-hydrogen) atoms. The molecule has 0 aliphatic carbocycles. The first-order valence-electron chi connectivity index (χ1n) is 10.3. The van der Waals surface area contributed by atoms with Crippen LogP contribution in [0, 0.1) is 0 Å². The summed E-state index contributed by atoms with van der Waals surface area (Å²) in [6.45, 7) is 2.10. The molecule has 3 rings (SSSR count). The number of nitrogens with one attached hydrogen (secondary N) is 2. The first-order valence-corrected chi connectivity index (χ1v) is 11.1. The van der Waals surface area contributed by atoms with E-state index in [2.05, 4.69) is 27.8 Å². The molecule has 1 fully saturated rings. The van der Waals surface area contributed by atoms with Gasteiger partial charge in [0.2, 0.25) is 11.8 Å². The highest BCUT2D eigenvalue weighted by atomic mass is 32.2. The second-order valence-electron chi connectivity index (χ2n) is 7.16. The molecule has 166 valence electrons. The van der Waals surface area contributed by atoms with Crippen LogP contribution in [0.3, 0.4) is 0 Å². The van der Waals surface area contributed by atoms with Gasteiger partial charge in [-0.05, 0) is 36.6 Å². The van der Waals surface area contributed by atoms with E-state index in [9.17, 15) is 14.4 Å². The molecule has 0 unspecified atom stereocenters. The predicted octanol–water partition coefficient (Wildman–Crippen LogP) is 3.90. The van der Waals surface area contributed by atoms with Crippen molar-refractivity contribution in [3.05, 3.63) is 65.7 Å². The van der Waals surface area contributed by atoms with Crippen molar-refractivity contribution in [3.63, 3.8) is 0 Å². The molecule has 2 amide bonds. The van der Waals surface area contributed by atoms with Gasteiger partial charge in [-0.3, -0.25) is 9.59 Å². The summed E-state index contributed by atoms with van der Waals surface area (Å²) in [5.74, 6) is -1.82. The number of anilines is 1. The fourth-order valence-corrected chi connectivity index (χ4v) is 3.96. The standard InChI is InChI=1S/C23H24N4O4S/c1-2-3-12-18(15-8-5-4-6-9-15)26-27-23-25-20(28)14-19(32-23)21(29)24-17-11-7-10-16(13-17)22(30)31/h4-11,13,19H,2-3,12,14H2,1H3,(H,24,29)(H,30,31)(H,25,27,28)/b26-18+/t19-/m0/s1. The first kappa shape index (κ1) is 23.2. The number of aromatic carboxylic acids is 1. The van der Waals surface area contributed by atoms with Gasteiger partial charge in [0.15, 0.2) is 5.17 Å². The molecule has 1 saturated heterocycles. The Bertz CT molecular complexity index is 1050. The number of carbonyl (C=O) groups excluding carboxylic acids is 2. The van der Waals surface area contributed by atoms with E-state index in [-0.39, 0.29) is 23.1 Å². The van der Waals surface area contributed by atoms with E-state index >= 15 is 0 Å². The molecule has 0 aromatic heterocycles. The van der Waals surface area contributed by atoms with Gasteiger partial charge in [0, 0.05) is 12.1 Å². The SMILES string of the molecule is CCCC/C(=N\N=C1/NC(=O)C[C@@H](C(=O)Nc2cccc(C(=O)O)c2)S1)c1ccccc1. The first-order chi connectivity index (χ1) is 15.5. The Hall–Kier alpha value is -3.46. The number of hydrogen-bond donors (Lipinski definition) is 3. The van der Waals surface area contributed by atoms with Crippen LogP contribution in [-0.2, 0) is 9.59 Å². The van der Waals surface area contributed by atoms with Crippen LogP contribution in [-0.4, -0.2) is 39.0 Å². The van der Waals surface area contributed by atoms with Crippen molar-refractivity contribution in [1.29, 1.82) is 0 Å². The average Bonchev–Trinajstić information content (AvgIpc) is 2.79. The second-order valence-corrected chi connectivity index (χ2v) is 8.35. The summed E-state index contributed by atoms with van der Waals surface area (Å²) >= 11 is 1.12. The van der Waals surface area contributed by atoms with Crippen molar-refractivity contribution in [1.82, 2.24) is 5.32 Å². The van der Waals surface area contributed by atoms with Gasteiger partial charge in [0.1, 0.15) is 5.25 Å². The number of thioether (sulfide) groups is 1. The Labute approximate surface area is 190 Å². The van der Waals surface area contributed by atoms with E-state index in [1.165, 1.54) is 12.1 Å². The van der Waals surface area contributed by atoms with Crippen molar-refractivity contribution in [2.45, 2.75) is 37.9 Å². The Balaban J connectivity index is 1.74. The zero-order valence-corrected chi connectivity index (χ0v) is 18.4. The van der Waals surface area contributed by atoms with E-state index in [1.54, 1.807) is 12.1 Å². The van der Waals surface area contributed by atoms with Crippen LogP contribution in [0.1, 0.15) is 48.5 Å². The molecule has 0 radical (unpaired) electrons. The Morgan fingerprint density at radius 2 is 1.91 bits per heavy atom. The number of rotatable bonds is 8. The third-order valence-electron chi connectivity index (χ3n) is 4.68. The van der Waals surface area contributed by atoms with Crippen molar-refractivity contribution >= 4 is 46.1 Å². The van der Waals surface area contributed by atoms with Crippen LogP contribution in [0.25, 0.3) is 0 Å². The Morgan fingerprint density at radius 3 is 2.62 bits per heavy atom. The molecule has 9 heteroatoms. The highest BCUT2D eigenvalue weighted by Crippen LogP contribution is 2.23. The van der Waals surface area contributed by atoms with Gasteiger partial charge >= 0.3 is 5.97 Å². The zero-order chi connectivity index (χ0) is 22.9. The topological polar surface area (TPSA) is 120 Å². The lowest BCUT2D eigenvalue weighted by atomic mass is 10.1. The number of nitrogens with zero attached hydrogens (tertiary/aromatic N) is 2. The number of amides is 2. The number of hydrogen-bond acceptors (Lipinski definition) is 6. The predicted molar refractivity (Wildman–Crippen MR) is 126 cm³/mol. The number of carboxylic acids is 1. The summed E-state index contributed by atoms with van der Waals surface area (Å²) in [6, 6.07) is 15.7.